The number of nitrogens with two attached hydrogens (primary N) is 1. The molecule has 0 radical (unpaired) electrons. The molecule has 2 unspecified atom stereocenters. The van der Waals surface area contributed by atoms with E-state index in [4.69, 9.17) is 10.5 Å². The molecule has 19 heavy (non-hydrogen) atoms. The Morgan fingerprint density at radius 1 is 1.47 bits per heavy atom. The average Bonchev–Trinajstić information content (AvgIpc) is 2.41. The van der Waals surface area contributed by atoms with Gasteiger partial charge in [0.2, 0.25) is 5.91 Å². The molecule has 104 valence electrons. The van der Waals surface area contributed by atoms with Crippen molar-refractivity contribution in [1.82, 2.24) is 5.32 Å². The van der Waals surface area contributed by atoms with Gasteiger partial charge in [0.15, 0.2) is 0 Å². The van der Waals surface area contributed by atoms with E-state index < -0.39 is 0 Å². The van der Waals surface area contributed by atoms with Crippen LogP contribution in [0, 0.1) is 0 Å². The second-order valence-corrected chi connectivity index (χ2v) is 5.41. The number of nitrogens with one attached hydrogen (secondary N) is 1. The zero-order valence-corrected chi connectivity index (χ0v) is 11.4. The normalized spacial score (nSPS) is 24.7. The molecule has 1 heterocycles. The maximum atomic E-state index is 12.4. The molecular weight excluding hydrogens is 240 g/mol. The average molecular weight is 262 g/mol. The van der Waals surface area contributed by atoms with E-state index >= 15 is 0 Å². The van der Waals surface area contributed by atoms with E-state index in [-0.39, 0.29) is 17.4 Å². The summed E-state index contributed by atoms with van der Waals surface area (Å²) >= 11 is 0. The van der Waals surface area contributed by atoms with Gasteiger partial charge in [0.05, 0.1) is 18.1 Å². The van der Waals surface area contributed by atoms with Crippen LogP contribution in [0.4, 0.5) is 0 Å². The highest BCUT2D eigenvalue weighted by atomic mass is 16.5. The molecule has 0 aromatic heterocycles. The van der Waals surface area contributed by atoms with Crippen LogP contribution in [-0.2, 0) is 9.53 Å². The summed E-state index contributed by atoms with van der Waals surface area (Å²) in [6.45, 7) is 3.70. The number of carbonyl (C=O) groups is 1. The highest BCUT2D eigenvalue weighted by Crippen LogP contribution is 2.21. The lowest BCUT2D eigenvalue weighted by molar-refractivity contribution is -0.125. The van der Waals surface area contributed by atoms with E-state index in [0.717, 1.165) is 25.0 Å². The van der Waals surface area contributed by atoms with Gasteiger partial charge in [0, 0.05) is 13.2 Å². The lowest BCUT2D eigenvalue weighted by Crippen LogP contribution is -2.53. The van der Waals surface area contributed by atoms with Crippen molar-refractivity contribution in [3.8, 4) is 0 Å². The third-order valence-corrected chi connectivity index (χ3v) is 3.62. The van der Waals surface area contributed by atoms with Crippen LogP contribution in [0.25, 0.3) is 0 Å². The summed E-state index contributed by atoms with van der Waals surface area (Å²) in [5.74, 6) is -0.304. The van der Waals surface area contributed by atoms with Gasteiger partial charge in [-0.3, -0.25) is 4.79 Å². The van der Waals surface area contributed by atoms with E-state index in [2.05, 4.69) is 5.32 Å². The topological polar surface area (TPSA) is 64.4 Å². The number of hydrogen-bond acceptors (Lipinski definition) is 3. The van der Waals surface area contributed by atoms with Crippen LogP contribution >= 0.6 is 0 Å². The first-order valence-electron chi connectivity index (χ1n) is 6.79. The molecule has 2 atom stereocenters. The van der Waals surface area contributed by atoms with Gasteiger partial charge >= 0.3 is 0 Å². The van der Waals surface area contributed by atoms with E-state index in [0.29, 0.717) is 13.2 Å². The Hall–Kier alpha value is -1.39. The molecule has 3 N–H and O–H groups in total. The van der Waals surface area contributed by atoms with Gasteiger partial charge in [-0.05, 0) is 25.3 Å². The molecular formula is C15H22N2O2. The van der Waals surface area contributed by atoms with Crippen LogP contribution in [0.1, 0.15) is 31.2 Å². The van der Waals surface area contributed by atoms with Crippen molar-refractivity contribution in [3.63, 3.8) is 0 Å². The molecule has 1 amide bonds. The van der Waals surface area contributed by atoms with E-state index in [9.17, 15) is 4.79 Å². The van der Waals surface area contributed by atoms with Gasteiger partial charge in [-0.15, -0.1) is 0 Å². The largest absolute Gasteiger partial charge is 0.379 e. The molecule has 1 aromatic carbocycles. The summed E-state index contributed by atoms with van der Waals surface area (Å²) in [6, 6.07) is 9.67. The Bertz CT molecular complexity index is 413. The number of amides is 1. The van der Waals surface area contributed by atoms with Crippen molar-refractivity contribution >= 4 is 5.91 Å². The van der Waals surface area contributed by atoms with Gasteiger partial charge in [0.25, 0.3) is 0 Å². The SMILES string of the molecule is CC1(NC(=O)C(CN)c2ccccc2)CCCOC1. The van der Waals surface area contributed by atoms with Crippen LogP contribution < -0.4 is 11.1 Å². The van der Waals surface area contributed by atoms with Gasteiger partial charge in [-0.1, -0.05) is 30.3 Å². The molecule has 1 saturated heterocycles. The van der Waals surface area contributed by atoms with Crippen LogP contribution in [0.5, 0.6) is 0 Å². The van der Waals surface area contributed by atoms with Crippen LogP contribution in [0.15, 0.2) is 30.3 Å². The van der Waals surface area contributed by atoms with Crippen molar-refractivity contribution in [1.29, 1.82) is 0 Å². The molecule has 0 aliphatic carbocycles. The summed E-state index contributed by atoms with van der Waals surface area (Å²) in [7, 11) is 0. The minimum Gasteiger partial charge on any atom is -0.379 e. The van der Waals surface area contributed by atoms with Crippen molar-refractivity contribution in [2.45, 2.75) is 31.2 Å². The second kappa shape index (κ2) is 6.17. The predicted molar refractivity (Wildman–Crippen MR) is 74.8 cm³/mol. The first-order chi connectivity index (χ1) is 9.14. The number of rotatable bonds is 4. The number of benzene rings is 1. The minimum absolute atomic E-state index is 0.0123. The molecule has 0 spiro atoms. The van der Waals surface area contributed by atoms with Gasteiger partial charge in [0.1, 0.15) is 0 Å². The molecule has 4 heteroatoms. The fraction of sp³-hybridized carbons (Fsp3) is 0.533. The third-order valence-electron chi connectivity index (χ3n) is 3.62. The maximum absolute atomic E-state index is 12.4. The molecule has 1 fully saturated rings. The minimum atomic E-state index is -0.292. The summed E-state index contributed by atoms with van der Waals surface area (Å²) in [6.07, 6.45) is 1.93. The number of carbonyl (C=O) groups excluding carboxylic acids is 1. The van der Waals surface area contributed by atoms with Crippen molar-refractivity contribution in [2.24, 2.45) is 5.73 Å². The van der Waals surface area contributed by atoms with Gasteiger partial charge < -0.3 is 15.8 Å². The third kappa shape index (κ3) is 3.55. The van der Waals surface area contributed by atoms with Gasteiger partial charge in [-0.25, -0.2) is 0 Å². The first-order valence-corrected chi connectivity index (χ1v) is 6.79. The summed E-state index contributed by atoms with van der Waals surface area (Å²) in [5, 5.41) is 3.10. The Kier molecular flexibility index (Phi) is 4.56. The molecule has 1 aliphatic heterocycles. The molecule has 0 saturated carbocycles. The Morgan fingerprint density at radius 2 is 2.21 bits per heavy atom. The monoisotopic (exact) mass is 262 g/mol. The lowest BCUT2D eigenvalue weighted by atomic mass is 9.92. The summed E-state index contributed by atoms with van der Waals surface area (Å²) in [4.78, 5) is 12.4. The van der Waals surface area contributed by atoms with Crippen molar-refractivity contribution in [2.75, 3.05) is 19.8 Å². The molecule has 2 rings (SSSR count). The van der Waals surface area contributed by atoms with E-state index in [1.807, 2.05) is 37.3 Å². The lowest BCUT2D eigenvalue weighted by Gasteiger charge is -2.35. The highest BCUT2D eigenvalue weighted by molar-refractivity contribution is 5.84. The fourth-order valence-corrected chi connectivity index (χ4v) is 2.50. The highest BCUT2D eigenvalue weighted by Gasteiger charge is 2.31. The molecule has 4 nitrogen and oxygen atoms in total. The van der Waals surface area contributed by atoms with Crippen LogP contribution in [0.2, 0.25) is 0 Å². The predicted octanol–water partition coefficient (Wildman–Crippen LogP) is 1.41. The molecule has 1 aromatic rings. The number of hydrogen-bond donors (Lipinski definition) is 2. The smallest absolute Gasteiger partial charge is 0.229 e. The Labute approximate surface area is 114 Å². The quantitative estimate of drug-likeness (QED) is 0.862. The first kappa shape index (κ1) is 14.0. The van der Waals surface area contributed by atoms with Crippen molar-refractivity contribution < 1.29 is 9.53 Å². The Morgan fingerprint density at radius 3 is 2.79 bits per heavy atom. The zero-order chi connectivity index (χ0) is 13.7. The van der Waals surface area contributed by atoms with E-state index in [1.165, 1.54) is 0 Å². The van der Waals surface area contributed by atoms with Crippen LogP contribution in [0.3, 0.4) is 0 Å². The molecule has 0 bridgehead atoms. The Balaban J connectivity index is 2.05. The summed E-state index contributed by atoms with van der Waals surface area (Å²) < 4.78 is 5.46. The second-order valence-electron chi connectivity index (χ2n) is 5.41. The standard InChI is InChI=1S/C15H22N2O2/c1-15(8-5-9-19-11-15)17-14(18)13(10-16)12-6-3-2-4-7-12/h2-4,6-7,13H,5,8-11,16H2,1H3,(H,17,18). The number of ether oxygens (including phenoxy) is 1. The molecule has 1 aliphatic rings. The maximum Gasteiger partial charge on any atom is 0.229 e. The zero-order valence-electron chi connectivity index (χ0n) is 11.4. The van der Waals surface area contributed by atoms with Crippen LogP contribution in [-0.4, -0.2) is 31.2 Å². The summed E-state index contributed by atoms with van der Waals surface area (Å²) in [5.41, 5.74) is 6.46. The van der Waals surface area contributed by atoms with Crippen molar-refractivity contribution in [3.05, 3.63) is 35.9 Å². The van der Waals surface area contributed by atoms with Gasteiger partial charge in [-0.2, -0.15) is 0 Å². The fourth-order valence-electron chi connectivity index (χ4n) is 2.50. The van der Waals surface area contributed by atoms with E-state index in [1.54, 1.807) is 0 Å².